The number of benzene rings is 2. The van der Waals surface area contributed by atoms with Crippen molar-refractivity contribution >= 4 is 35.0 Å². The van der Waals surface area contributed by atoms with Gasteiger partial charge in [-0.05, 0) is 42.0 Å². The molecule has 0 saturated heterocycles. The lowest BCUT2D eigenvalue weighted by atomic mass is 10.0. The fourth-order valence-corrected chi connectivity index (χ4v) is 2.26. The molecule has 2 rings (SSSR count). The van der Waals surface area contributed by atoms with E-state index in [-0.39, 0.29) is 0 Å². The van der Waals surface area contributed by atoms with E-state index in [1.807, 2.05) is 0 Å². The number of nitrogens with one attached hydrogen (secondary N) is 1. The third-order valence-electron chi connectivity index (χ3n) is 2.58. The fourth-order valence-electron chi connectivity index (χ4n) is 1.73. The number of carbonyl (C=O) groups excluding carboxylic acids is 1. The molecule has 0 bridgehead atoms. The highest BCUT2D eigenvalue weighted by molar-refractivity contribution is 6.35. The molecule has 0 saturated carbocycles. The van der Waals surface area contributed by atoms with Gasteiger partial charge in [0.2, 0.25) is 0 Å². The number of anilines is 1. The van der Waals surface area contributed by atoms with Gasteiger partial charge in [-0.15, -0.1) is 0 Å². The zero-order chi connectivity index (χ0) is 14.7. The Hall–Kier alpha value is -1.78. The predicted molar refractivity (Wildman–Crippen MR) is 77.9 cm³/mol. The summed E-state index contributed by atoms with van der Waals surface area (Å²) in [6.45, 7) is 0. The Balaban J connectivity index is 2.53. The summed E-state index contributed by atoms with van der Waals surface area (Å²) in [5.41, 5.74) is 1.45. The number of hydrogen-bond acceptors (Lipinski definition) is 2. The summed E-state index contributed by atoms with van der Waals surface area (Å²) in [6.07, 6.45) is -0.647. The van der Waals surface area contributed by atoms with Crippen LogP contribution in [0.15, 0.2) is 36.4 Å². The molecule has 3 nitrogen and oxygen atoms in total. The predicted octanol–water partition coefficient (Wildman–Crippen LogP) is 4.98. The largest absolute Gasteiger partial charge is 0.453 e. The highest BCUT2D eigenvalue weighted by Crippen LogP contribution is 2.33. The maximum absolute atomic E-state index is 13.4. The van der Waals surface area contributed by atoms with E-state index < -0.39 is 11.9 Å². The molecular weight excluding hydrogens is 304 g/mol. The van der Waals surface area contributed by atoms with Gasteiger partial charge >= 0.3 is 6.09 Å². The first kappa shape index (κ1) is 14.6. The van der Waals surface area contributed by atoms with Gasteiger partial charge < -0.3 is 4.74 Å². The first-order valence-corrected chi connectivity index (χ1v) is 6.36. The van der Waals surface area contributed by atoms with E-state index in [0.29, 0.717) is 26.9 Å². The van der Waals surface area contributed by atoms with Gasteiger partial charge in [-0.2, -0.15) is 0 Å². The van der Waals surface area contributed by atoms with Crippen LogP contribution in [0.3, 0.4) is 0 Å². The zero-order valence-corrected chi connectivity index (χ0v) is 11.9. The zero-order valence-electron chi connectivity index (χ0n) is 10.4. The Morgan fingerprint density at radius 3 is 2.40 bits per heavy atom. The molecule has 6 heteroatoms. The number of amides is 1. The lowest BCUT2D eigenvalue weighted by molar-refractivity contribution is 0.187. The molecule has 2 aromatic carbocycles. The van der Waals surface area contributed by atoms with E-state index >= 15 is 0 Å². The number of halogens is 3. The Bertz CT molecular complexity index is 641. The molecule has 104 valence electrons. The maximum atomic E-state index is 13.4. The first-order valence-electron chi connectivity index (χ1n) is 5.60. The summed E-state index contributed by atoms with van der Waals surface area (Å²) in [5, 5.41) is 3.35. The number of hydrogen-bond donors (Lipinski definition) is 1. The second kappa shape index (κ2) is 6.11. The SMILES string of the molecule is COC(=O)Nc1ccc(F)cc1-c1cc(Cl)cc(Cl)c1. The van der Waals surface area contributed by atoms with Crippen LogP contribution in [-0.4, -0.2) is 13.2 Å². The van der Waals surface area contributed by atoms with E-state index in [9.17, 15) is 9.18 Å². The number of rotatable bonds is 2. The van der Waals surface area contributed by atoms with E-state index in [2.05, 4.69) is 10.1 Å². The van der Waals surface area contributed by atoms with Crippen LogP contribution in [0.2, 0.25) is 10.0 Å². The normalized spacial score (nSPS) is 10.2. The summed E-state index contributed by atoms with van der Waals surface area (Å²) < 4.78 is 18.0. The van der Waals surface area contributed by atoms with E-state index in [1.54, 1.807) is 18.2 Å². The molecule has 20 heavy (non-hydrogen) atoms. The molecule has 1 amide bonds. The molecule has 1 N–H and O–H groups in total. The van der Waals surface area contributed by atoms with Gasteiger partial charge in [0.25, 0.3) is 0 Å². The lowest BCUT2D eigenvalue weighted by Crippen LogP contribution is -2.11. The van der Waals surface area contributed by atoms with Gasteiger partial charge in [-0.25, -0.2) is 9.18 Å². The van der Waals surface area contributed by atoms with Crippen LogP contribution >= 0.6 is 23.2 Å². The standard InChI is InChI=1S/C14H10Cl2FNO2/c1-20-14(19)18-13-3-2-11(17)7-12(13)8-4-9(15)6-10(16)5-8/h2-7H,1H3,(H,18,19). The molecule has 0 aliphatic heterocycles. The molecule has 0 aromatic heterocycles. The summed E-state index contributed by atoms with van der Waals surface area (Å²) in [6, 6.07) is 8.79. The Kier molecular flexibility index (Phi) is 4.47. The Morgan fingerprint density at radius 1 is 1.15 bits per heavy atom. The van der Waals surface area contributed by atoms with Crippen molar-refractivity contribution in [3.63, 3.8) is 0 Å². The van der Waals surface area contributed by atoms with Crippen molar-refractivity contribution in [2.24, 2.45) is 0 Å². The van der Waals surface area contributed by atoms with Crippen molar-refractivity contribution < 1.29 is 13.9 Å². The molecule has 0 spiro atoms. The van der Waals surface area contributed by atoms with E-state index in [1.165, 1.54) is 25.3 Å². The van der Waals surface area contributed by atoms with Crippen LogP contribution in [-0.2, 0) is 4.74 Å². The molecule has 0 aliphatic rings. The van der Waals surface area contributed by atoms with Crippen molar-refractivity contribution in [2.45, 2.75) is 0 Å². The van der Waals surface area contributed by atoms with Gasteiger partial charge in [0.1, 0.15) is 5.82 Å². The molecule has 2 aromatic rings. The summed E-state index contributed by atoms with van der Waals surface area (Å²) in [7, 11) is 1.24. The van der Waals surface area contributed by atoms with Crippen molar-refractivity contribution in [3.05, 3.63) is 52.3 Å². The quantitative estimate of drug-likeness (QED) is 0.849. The molecule has 0 unspecified atom stereocenters. The lowest BCUT2D eigenvalue weighted by Gasteiger charge is -2.11. The van der Waals surface area contributed by atoms with Gasteiger partial charge in [-0.1, -0.05) is 23.2 Å². The van der Waals surface area contributed by atoms with Crippen LogP contribution in [0, 0.1) is 5.82 Å². The second-order valence-electron chi connectivity index (χ2n) is 3.96. The van der Waals surface area contributed by atoms with Crippen LogP contribution < -0.4 is 5.32 Å². The number of methoxy groups -OCH3 is 1. The Labute approximate surface area is 125 Å². The highest BCUT2D eigenvalue weighted by Gasteiger charge is 2.11. The van der Waals surface area contributed by atoms with Gasteiger partial charge in [0, 0.05) is 15.6 Å². The van der Waals surface area contributed by atoms with Gasteiger partial charge in [-0.3, -0.25) is 5.32 Å². The third kappa shape index (κ3) is 3.40. The minimum absolute atomic E-state index is 0.400. The average molecular weight is 314 g/mol. The number of carbonyl (C=O) groups is 1. The molecule has 0 radical (unpaired) electrons. The topological polar surface area (TPSA) is 38.3 Å². The summed E-state index contributed by atoms with van der Waals surface area (Å²) >= 11 is 11.9. The molecular formula is C14H10Cl2FNO2. The van der Waals surface area contributed by atoms with Crippen LogP contribution in [0.4, 0.5) is 14.9 Å². The maximum Gasteiger partial charge on any atom is 0.411 e. The van der Waals surface area contributed by atoms with Crippen molar-refractivity contribution in [1.82, 2.24) is 0 Å². The average Bonchev–Trinajstić information content (AvgIpc) is 2.39. The second-order valence-corrected chi connectivity index (χ2v) is 4.84. The molecule has 0 atom stereocenters. The van der Waals surface area contributed by atoms with Crippen LogP contribution in [0.25, 0.3) is 11.1 Å². The minimum Gasteiger partial charge on any atom is -0.453 e. The van der Waals surface area contributed by atoms with Crippen molar-refractivity contribution in [2.75, 3.05) is 12.4 Å². The monoisotopic (exact) mass is 313 g/mol. The third-order valence-corrected chi connectivity index (χ3v) is 3.01. The fraction of sp³-hybridized carbons (Fsp3) is 0.0714. The molecule has 0 heterocycles. The Morgan fingerprint density at radius 2 is 1.80 bits per heavy atom. The van der Waals surface area contributed by atoms with E-state index in [4.69, 9.17) is 23.2 Å². The number of ether oxygens (including phenoxy) is 1. The molecule has 0 fully saturated rings. The molecule has 0 aliphatic carbocycles. The highest BCUT2D eigenvalue weighted by atomic mass is 35.5. The van der Waals surface area contributed by atoms with Gasteiger partial charge in [0.15, 0.2) is 0 Å². The van der Waals surface area contributed by atoms with Crippen molar-refractivity contribution in [1.29, 1.82) is 0 Å². The van der Waals surface area contributed by atoms with Crippen LogP contribution in [0.1, 0.15) is 0 Å². The smallest absolute Gasteiger partial charge is 0.411 e. The minimum atomic E-state index is -0.647. The van der Waals surface area contributed by atoms with Gasteiger partial charge in [0.05, 0.1) is 12.8 Å². The summed E-state index contributed by atoms with van der Waals surface area (Å²) in [4.78, 5) is 11.3. The van der Waals surface area contributed by atoms with Crippen LogP contribution in [0.5, 0.6) is 0 Å². The first-order chi connectivity index (χ1) is 9.49. The van der Waals surface area contributed by atoms with Crippen molar-refractivity contribution in [3.8, 4) is 11.1 Å². The van der Waals surface area contributed by atoms with E-state index in [0.717, 1.165) is 0 Å². The summed E-state index contributed by atoms with van der Waals surface area (Å²) in [5.74, 6) is -0.438.